The van der Waals surface area contributed by atoms with Gasteiger partial charge in [-0.3, -0.25) is 28.7 Å². The molecule has 0 spiro atoms. The first kappa shape index (κ1) is 33.8. The van der Waals surface area contributed by atoms with Crippen LogP contribution in [-0.2, 0) is 41.7 Å². The van der Waals surface area contributed by atoms with Crippen LogP contribution < -0.4 is 16.5 Å². The van der Waals surface area contributed by atoms with Gasteiger partial charge in [0.25, 0.3) is 36.3 Å². The zero-order valence-corrected chi connectivity index (χ0v) is 26.6. The molecule has 2 aliphatic carbocycles. The number of nitrogens with two attached hydrogens (primary N) is 1. The van der Waals surface area contributed by atoms with E-state index in [0.29, 0.717) is 10.9 Å². The molecule has 0 fully saturated rings. The van der Waals surface area contributed by atoms with Crippen LogP contribution in [0.2, 0.25) is 0 Å². The number of allylic oxidation sites excluding steroid dienone is 5. The Bertz CT molecular complexity index is 2310. The van der Waals surface area contributed by atoms with E-state index in [4.69, 9.17) is 5.73 Å². The highest BCUT2D eigenvalue weighted by molar-refractivity contribution is 7.91. The maximum atomic E-state index is 14.2. The minimum absolute atomic E-state index is 0.0252. The first-order chi connectivity index (χ1) is 21.9. The number of hydrogen-bond donors (Lipinski definition) is 6. The van der Waals surface area contributed by atoms with Crippen molar-refractivity contribution in [2.24, 2.45) is 22.2 Å². The zero-order chi connectivity index (χ0) is 34.5. The number of carbonyl (C=O) groups is 2. The molecule has 0 saturated carbocycles. The van der Waals surface area contributed by atoms with Gasteiger partial charge in [0.2, 0.25) is 0 Å². The summed E-state index contributed by atoms with van der Waals surface area (Å²) >= 11 is 0. The van der Waals surface area contributed by atoms with Crippen LogP contribution in [0.3, 0.4) is 0 Å². The molecule has 0 radical (unpaired) electrons. The summed E-state index contributed by atoms with van der Waals surface area (Å²) in [4.78, 5) is 24.8. The van der Waals surface area contributed by atoms with Crippen LogP contribution in [0.4, 0.5) is 5.69 Å². The largest absolute Gasteiger partial charge is 0.326 e. The van der Waals surface area contributed by atoms with Crippen molar-refractivity contribution in [2.45, 2.75) is 18.4 Å². The molecule has 0 heterocycles. The predicted octanol–water partition coefficient (Wildman–Crippen LogP) is 2.39. The van der Waals surface area contributed by atoms with Crippen LogP contribution in [0.15, 0.2) is 104 Å². The number of amides is 1. The summed E-state index contributed by atoms with van der Waals surface area (Å²) < 4.78 is 104. The second kappa shape index (κ2) is 11.9. The number of Topliss-reactive ketones (excluding diaryl/α,β-unsaturated/α-hetero) is 1. The number of anilines is 1. The number of carbonyl (C=O) groups excluding carboxylic acids is 2. The van der Waals surface area contributed by atoms with Crippen LogP contribution in [0.25, 0.3) is 10.8 Å². The second-order valence-electron chi connectivity index (χ2n) is 10.7. The van der Waals surface area contributed by atoms with Crippen molar-refractivity contribution in [3.63, 3.8) is 0 Å². The number of hydrazone groups is 1. The van der Waals surface area contributed by atoms with E-state index >= 15 is 0 Å². The Balaban J connectivity index is 1.69. The van der Waals surface area contributed by atoms with Crippen LogP contribution in [0.1, 0.15) is 22.8 Å². The molecule has 0 bridgehead atoms. The van der Waals surface area contributed by atoms with Gasteiger partial charge < -0.3 is 11.1 Å². The summed E-state index contributed by atoms with van der Waals surface area (Å²) in [5.41, 5.74) is 5.01. The van der Waals surface area contributed by atoms with Gasteiger partial charge in [0, 0.05) is 29.1 Å². The van der Waals surface area contributed by atoms with Gasteiger partial charge in [-0.05, 0) is 42.1 Å². The van der Waals surface area contributed by atoms with Gasteiger partial charge in [-0.25, -0.2) is 0 Å². The highest BCUT2D eigenvalue weighted by Crippen LogP contribution is 2.47. The number of nitrogens with one attached hydrogen (secondary N) is 2. The average Bonchev–Trinajstić information content (AvgIpc) is 2.99. The fourth-order valence-corrected chi connectivity index (χ4v) is 7.57. The third-order valence-corrected chi connectivity index (χ3v) is 10.5. The molecule has 18 heteroatoms. The van der Waals surface area contributed by atoms with E-state index in [1.807, 2.05) is 0 Å². The van der Waals surface area contributed by atoms with Crippen molar-refractivity contribution in [1.82, 2.24) is 5.32 Å². The fraction of sp³-hybridized carbons (Fsp3) is 0.138. The number of ketones is 1. The van der Waals surface area contributed by atoms with Gasteiger partial charge in [-0.2, -0.15) is 30.4 Å². The summed E-state index contributed by atoms with van der Waals surface area (Å²) in [5, 5.41) is 6.72. The molecule has 2 atom stereocenters. The number of fused-ring (bicyclic) bond motifs is 2. The predicted molar refractivity (Wildman–Crippen MR) is 171 cm³/mol. The first-order valence-electron chi connectivity index (χ1n) is 13.5. The minimum atomic E-state index is -5.27. The molecule has 3 aromatic rings. The van der Waals surface area contributed by atoms with E-state index < -0.39 is 73.8 Å². The molecular formula is C29H26N4O11S3. The maximum Gasteiger partial charge on any atom is 0.297 e. The highest BCUT2D eigenvalue weighted by Gasteiger charge is 2.53. The van der Waals surface area contributed by atoms with Crippen LogP contribution >= 0.6 is 0 Å². The quantitative estimate of drug-likeness (QED) is 0.146. The lowest BCUT2D eigenvalue weighted by Gasteiger charge is -2.41. The Labute approximate surface area is 268 Å². The molecule has 0 aliphatic heterocycles. The van der Waals surface area contributed by atoms with Gasteiger partial charge in [0.05, 0.1) is 16.0 Å². The molecule has 246 valence electrons. The van der Waals surface area contributed by atoms with Crippen molar-refractivity contribution < 1.29 is 48.5 Å². The number of hydrogen-bond acceptors (Lipinski definition) is 11. The van der Waals surface area contributed by atoms with Gasteiger partial charge >= 0.3 is 0 Å². The van der Waals surface area contributed by atoms with E-state index in [2.05, 4.69) is 15.8 Å². The molecule has 1 unspecified atom stereocenters. The summed E-state index contributed by atoms with van der Waals surface area (Å²) in [6, 6.07) is 14.7. The summed E-state index contributed by atoms with van der Waals surface area (Å²) in [6.45, 7) is 1.27. The molecule has 47 heavy (non-hydrogen) atoms. The third kappa shape index (κ3) is 6.26. The van der Waals surface area contributed by atoms with Gasteiger partial charge in [-0.15, -0.1) is 0 Å². The Morgan fingerprint density at radius 1 is 0.872 bits per heavy atom. The van der Waals surface area contributed by atoms with E-state index in [1.165, 1.54) is 43.3 Å². The van der Waals surface area contributed by atoms with Gasteiger partial charge in [0.15, 0.2) is 5.78 Å². The first-order valence-corrected chi connectivity index (χ1v) is 17.8. The minimum Gasteiger partial charge on any atom is -0.326 e. The lowest BCUT2D eigenvalue weighted by molar-refractivity contribution is -0.120. The monoisotopic (exact) mass is 702 g/mol. The Hall–Kier alpha value is -4.56. The van der Waals surface area contributed by atoms with Crippen LogP contribution in [-0.4, -0.2) is 56.3 Å². The number of benzene rings is 3. The molecule has 7 N–H and O–H groups in total. The molecule has 3 aromatic carbocycles. The van der Waals surface area contributed by atoms with Crippen LogP contribution in [0, 0.1) is 11.3 Å². The summed E-state index contributed by atoms with van der Waals surface area (Å²) in [5.74, 6) is -3.43. The highest BCUT2D eigenvalue weighted by atomic mass is 32.2. The van der Waals surface area contributed by atoms with Gasteiger partial charge in [0.1, 0.15) is 15.5 Å². The second-order valence-corrected chi connectivity index (χ2v) is 14.9. The Kier molecular flexibility index (Phi) is 8.56. The summed E-state index contributed by atoms with van der Waals surface area (Å²) in [6.07, 6.45) is 2.51. The molecular weight excluding hydrogens is 677 g/mol. The maximum absolute atomic E-state index is 14.2. The molecule has 0 aromatic heterocycles. The lowest BCUT2D eigenvalue weighted by atomic mass is 9.65. The fourth-order valence-electron chi connectivity index (χ4n) is 5.43. The van der Waals surface area contributed by atoms with Crippen LogP contribution in [0.5, 0.6) is 0 Å². The van der Waals surface area contributed by atoms with E-state index in [1.54, 1.807) is 24.3 Å². The Morgan fingerprint density at radius 2 is 1.55 bits per heavy atom. The Morgan fingerprint density at radius 3 is 2.15 bits per heavy atom. The standard InChI is InChI=1S/C29H26N4O11S3/c1-29-18(12-19(45(36,37)38)14-24(29)31-28(35)16-6-3-2-4-7-16)13-23(46(39,40)41)25(27(29)34)33-32-22-11-10-20-17(15-30)8-5-9-21(20)26(22)47(42,43)44/h2-14,18,32H,15,30H2,1H3,(H,31,35)(H,36,37,38)(H,39,40,41)(H,42,43,44)/t18?,29-/m0/s1. The molecule has 15 nitrogen and oxygen atoms in total. The smallest absolute Gasteiger partial charge is 0.297 e. The summed E-state index contributed by atoms with van der Waals surface area (Å²) in [7, 11) is -15.2. The van der Waals surface area contributed by atoms with Crippen molar-refractivity contribution in [1.29, 1.82) is 0 Å². The van der Waals surface area contributed by atoms with Crippen molar-refractivity contribution in [3.8, 4) is 0 Å². The third-order valence-electron chi connectivity index (χ3n) is 7.84. The SMILES string of the molecule is C[C@]12C(=O)C(=NNc3ccc4c(CN)cccc4c3S(=O)(=O)O)C(S(=O)(=O)O)=CC1C=C(S(=O)(=O)O)C=C2NC(=O)c1ccccc1. The zero-order valence-electron chi connectivity index (χ0n) is 24.1. The van der Waals surface area contributed by atoms with E-state index in [9.17, 15) is 48.5 Å². The normalized spacial score (nSPS) is 21.0. The molecule has 0 saturated heterocycles. The molecule has 2 aliphatic rings. The number of rotatable bonds is 8. The molecule has 5 rings (SSSR count). The van der Waals surface area contributed by atoms with Crippen molar-refractivity contribution in [3.05, 3.63) is 106 Å². The van der Waals surface area contributed by atoms with E-state index in [0.717, 1.165) is 18.2 Å². The lowest BCUT2D eigenvalue weighted by Crippen LogP contribution is -2.51. The van der Waals surface area contributed by atoms with Crippen molar-refractivity contribution in [2.75, 3.05) is 5.43 Å². The molecule has 1 amide bonds. The van der Waals surface area contributed by atoms with E-state index in [-0.39, 0.29) is 28.9 Å². The number of nitrogens with zero attached hydrogens (tertiary/aromatic N) is 1. The van der Waals surface area contributed by atoms with Gasteiger partial charge in [-0.1, -0.05) is 54.6 Å². The average molecular weight is 703 g/mol. The van der Waals surface area contributed by atoms with Crippen molar-refractivity contribution >= 4 is 64.2 Å². The topological polar surface area (TPSA) is 260 Å².